The number of hydrazone groups is 1. The number of allylic oxidation sites excluding steroid dienone is 1. The van der Waals surface area contributed by atoms with Crippen LogP contribution in [0, 0.1) is 16.7 Å². The fourth-order valence-electron chi connectivity index (χ4n) is 1.79. The highest BCUT2D eigenvalue weighted by atomic mass is 16.5. The molecule has 0 spiro atoms. The van der Waals surface area contributed by atoms with Crippen LogP contribution in [0.2, 0.25) is 0 Å². The van der Waals surface area contributed by atoms with Crippen molar-refractivity contribution >= 4 is 11.7 Å². The summed E-state index contributed by atoms with van der Waals surface area (Å²) in [6.45, 7) is 12.6. The molecule has 5 nitrogen and oxygen atoms in total. The van der Waals surface area contributed by atoms with Gasteiger partial charge >= 0.3 is 5.97 Å². The summed E-state index contributed by atoms with van der Waals surface area (Å²) in [6, 6.07) is 2.09. The Hall–Kier alpha value is -2.09. The molecule has 0 atom stereocenters. The molecular formula is C15H21N3O2. The summed E-state index contributed by atoms with van der Waals surface area (Å²) in [5, 5.41) is 15.1. The largest absolute Gasteiger partial charge is 0.464 e. The molecule has 5 heteroatoms. The van der Waals surface area contributed by atoms with E-state index in [2.05, 4.69) is 38.5 Å². The van der Waals surface area contributed by atoms with E-state index >= 15 is 0 Å². The van der Waals surface area contributed by atoms with Crippen LogP contribution >= 0.6 is 0 Å². The molecule has 1 rings (SSSR count). The number of nitriles is 1. The molecule has 1 aliphatic rings. The number of carbonyl (C=O) groups is 1. The summed E-state index contributed by atoms with van der Waals surface area (Å²) in [6.07, 6.45) is 0.863. The number of carbonyl (C=O) groups excluding carboxylic acids is 1. The van der Waals surface area contributed by atoms with Crippen molar-refractivity contribution in [1.29, 1.82) is 5.26 Å². The van der Waals surface area contributed by atoms with Crippen LogP contribution in [0.1, 0.15) is 34.1 Å². The molecule has 1 heterocycles. The van der Waals surface area contributed by atoms with Gasteiger partial charge in [-0.25, -0.2) is 4.79 Å². The average Bonchev–Trinajstić information content (AvgIpc) is 2.36. The van der Waals surface area contributed by atoms with Gasteiger partial charge in [-0.3, -0.25) is 5.01 Å². The van der Waals surface area contributed by atoms with Crippen LogP contribution < -0.4 is 0 Å². The van der Waals surface area contributed by atoms with E-state index in [1.165, 1.54) is 7.11 Å². The van der Waals surface area contributed by atoms with Gasteiger partial charge in [-0.05, 0) is 18.8 Å². The molecule has 0 aromatic carbocycles. The molecule has 0 saturated carbocycles. The predicted molar refractivity (Wildman–Crippen MR) is 77.7 cm³/mol. The Balaban J connectivity index is 3.10. The zero-order chi connectivity index (χ0) is 15.5. The highest BCUT2D eigenvalue weighted by molar-refractivity contribution is 6.43. The molecule has 108 valence electrons. The second-order valence-corrected chi connectivity index (χ2v) is 5.93. The summed E-state index contributed by atoms with van der Waals surface area (Å²) < 4.78 is 4.71. The molecule has 1 aliphatic heterocycles. The lowest BCUT2D eigenvalue weighted by Gasteiger charge is -2.29. The summed E-state index contributed by atoms with van der Waals surface area (Å²) in [5.41, 5.74) is 1.72. The first-order valence-corrected chi connectivity index (χ1v) is 6.46. The lowest BCUT2D eigenvalue weighted by molar-refractivity contribution is -0.132. The second-order valence-electron chi connectivity index (χ2n) is 5.93. The van der Waals surface area contributed by atoms with Crippen molar-refractivity contribution in [3.63, 3.8) is 0 Å². The van der Waals surface area contributed by atoms with E-state index in [4.69, 9.17) is 4.74 Å². The van der Waals surface area contributed by atoms with Crippen molar-refractivity contribution in [1.82, 2.24) is 5.01 Å². The first kappa shape index (κ1) is 16.0. The van der Waals surface area contributed by atoms with E-state index in [-0.39, 0.29) is 11.1 Å². The van der Waals surface area contributed by atoms with Gasteiger partial charge in [-0.1, -0.05) is 27.4 Å². The maximum Gasteiger partial charge on any atom is 0.358 e. The van der Waals surface area contributed by atoms with Gasteiger partial charge < -0.3 is 4.74 Å². The van der Waals surface area contributed by atoms with Crippen molar-refractivity contribution in [2.24, 2.45) is 10.5 Å². The Kier molecular flexibility index (Phi) is 4.72. The van der Waals surface area contributed by atoms with Crippen molar-refractivity contribution in [2.45, 2.75) is 34.1 Å². The van der Waals surface area contributed by atoms with Crippen molar-refractivity contribution in [2.75, 3.05) is 13.7 Å². The first-order chi connectivity index (χ1) is 9.21. The van der Waals surface area contributed by atoms with Crippen molar-refractivity contribution in [3.05, 3.63) is 23.4 Å². The SMILES string of the molecule is C=C1C(C#N)=C(C)C(C(=O)OC)=NN1CCC(C)(C)C. The highest BCUT2D eigenvalue weighted by Gasteiger charge is 2.28. The van der Waals surface area contributed by atoms with Crippen molar-refractivity contribution < 1.29 is 9.53 Å². The van der Waals surface area contributed by atoms with Gasteiger partial charge in [0.05, 0.1) is 18.4 Å². The first-order valence-electron chi connectivity index (χ1n) is 6.46. The lowest BCUT2D eigenvalue weighted by atomic mass is 9.92. The van der Waals surface area contributed by atoms with E-state index in [0.29, 0.717) is 23.4 Å². The fraction of sp³-hybridized carbons (Fsp3) is 0.533. The van der Waals surface area contributed by atoms with Gasteiger partial charge in [-0.15, -0.1) is 0 Å². The molecule has 0 aromatic heterocycles. The van der Waals surface area contributed by atoms with E-state index in [1.807, 2.05) is 0 Å². The van der Waals surface area contributed by atoms with Gasteiger partial charge in [-0.2, -0.15) is 10.4 Å². The molecule has 0 N–H and O–H groups in total. The van der Waals surface area contributed by atoms with Gasteiger partial charge in [0.25, 0.3) is 0 Å². The third-order valence-electron chi connectivity index (χ3n) is 3.12. The van der Waals surface area contributed by atoms with E-state index < -0.39 is 5.97 Å². The third kappa shape index (κ3) is 3.47. The average molecular weight is 275 g/mol. The van der Waals surface area contributed by atoms with Crippen LogP contribution in [-0.4, -0.2) is 30.3 Å². The monoisotopic (exact) mass is 275 g/mol. The Morgan fingerprint density at radius 3 is 2.55 bits per heavy atom. The number of ether oxygens (including phenoxy) is 1. The standard InChI is InChI=1S/C15H21N3O2/c1-10-12(9-16)11(2)18(8-7-15(3,4)5)17-13(10)14(19)20-6/h2,7-8H2,1,3-6H3. The van der Waals surface area contributed by atoms with E-state index in [1.54, 1.807) is 11.9 Å². The van der Waals surface area contributed by atoms with Gasteiger partial charge in [0.1, 0.15) is 6.07 Å². The van der Waals surface area contributed by atoms with Crippen LogP contribution in [0.15, 0.2) is 28.5 Å². The highest BCUT2D eigenvalue weighted by Crippen LogP contribution is 2.27. The molecule has 0 fully saturated rings. The maximum absolute atomic E-state index is 11.7. The zero-order valence-corrected chi connectivity index (χ0v) is 12.8. The van der Waals surface area contributed by atoms with Crippen LogP contribution in [0.4, 0.5) is 0 Å². The Morgan fingerprint density at radius 1 is 1.50 bits per heavy atom. The van der Waals surface area contributed by atoms with Crippen LogP contribution in [-0.2, 0) is 9.53 Å². The molecule has 0 amide bonds. The minimum Gasteiger partial charge on any atom is -0.464 e. The molecule has 20 heavy (non-hydrogen) atoms. The van der Waals surface area contributed by atoms with Gasteiger partial charge in [0.2, 0.25) is 0 Å². The number of methoxy groups -OCH3 is 1. The summed E-state index contributed by atoms with van der Waals surface area (Å²) in [4.78, 5) is 11.7. The minimum absolute atomic E-state index is 0.129. The molecule has 0 unspecified atom stereocenters. The quantitative estimate of drug-likeness (QED) is 0.743. The molecule has 0 aromatic rings. The van der Waals surface area contributed by atoms with Crippen molar-refractivity contribution in [3.8, 4) is 6.07 Å². The molecule has 0 radical (unpaired) electrons. The Labute approximate surface area is 120 Å². The normalized spacial score (nSPS) is 15.9. The maximum atomic E-state index is 11.7. The topological polar surface area (TPSA) is 65.7 Å². The van der Waals surface area contributed by atoms with E-state index in [9.17, 15) is 10.1 Å². The second kappa shape index (κ2) is 5.91. The summed E-state index contributed by atoms with van der Waals surface area (Å²) in [7, 11) is 1.30. The van der Waals surface area contributed by atoms with Crippen LogP contribution in [0.25, 0.3) is 0 Å². The molecule has 0 aliphatic carbocycles. The summed E-state index contributed by atoms with van der Waals surface area (Å²) in [5.74, 6) is -0.538. The molecule has 0 bridgehead atoms. The number of rotatable bonds is 3. The van der Waals surface area contributed by atoms with Crippen LogP contribution in [0.5, 0.6) is 0 Å². The zero-order valence-electron chi connectivity index (χ0n) is 12.8. The smallest absolute Gasteiger partial charge is 0.358 e. The number of nitrogens with zero attached hydrogens (tertiary/aromatic N) is 3. The lowest BCUT2D eigenvalue weighted by Crippen LogP contribution is -2.32. The number of hydrogen-bond donors (Lipinski definition) is 0. The van der Waals surface area contributed by atoms with Crippen LogP contribution in [0.3, 0.4) is 0 Å². The number of esters is 1. The fourth-order valence-corrected chi connectivity index (χ4v) is 1.79. The van der Waals surface area contributed by atoms with Gasteiger partial charge in [0, 0.05) is 12.1 Å². The predicted octanol–water partition coefficient (Wildman–Crippen LogP) is 2.62. The van der Waals surface area contributed by atoms with E-state index in [0.717, 1.165) is 6.42 Å². The summed E-state index contributed by atoms with van der Waals surface area (Å²) >= 11 is 0. The Bertz CT molecular complexity index is 530. The number of hydrogen-bond acceptors (Lipinski definition) is 5. The van der Waals surface area contributed by atoms with Gasteiger partial charge in [0.15, 0.2) is 5.71 Å². The Morgan fingerprint density at radius 2 is 2.10 bits per heavy atom. The molecular weight excluding hydrogens is 254 g/mol. The molecule has 0 saturated heterocycles. The third-order valence-corrected chi connectivity index (χ3v) is 3.12. The minimum atomic E-state index is -0.538.